The second-order valence-corrected chi connectivity index (χ2v) is 11.2. The number of nitrogens with zero attached hydrogens (tertiary/aromatic N) is 5. The molecule has 3 heterocycles. The van der Waals surface area contributed by atoms with Crippen LogP contribution in [0.3, 0.4) is 0 Å². The third-order valence-electron chi connectivity index (χ3n) is 6.97. The summed E-state index contributed by atoms with van der Waals surface area (Å²) in [5, 5.41) is 13.4. The van der Waals surface area contributed by atoms with Crippen LogP contribution in [0.15, 0.2) is 71.9 Å². The normalized spacial score (nSPS) is 12.3. The van der Waals surface area contributed by atoms with Crippen LogP contribution in [0.2, 0.25) is 0 Å². The lowest BCUT2D eigenvalue weighted by Crippen LogP contribution is -2.23. The molecule has 5 aromatic rings. The van der Waals surface area contributed by atoms with Crippen molar-refractivity contribution < 1.29 is 9.18 Å². The number of carbonyl (C=O) groups excluding carboxylic acids is 1. The Labute approximate surface area is 242 Å². The molecule has 3 N–H and O–H groups in total. The smallest absolute Gasteiger partial charge is 0.323 e. The first-order valence-electron chi connectivity index (χ1n) is 13.5. The van der Waals surface area contributed by atoms with E-state index >= 15 is 0 Å². The van der Waals surface area contributed by atoms with Crippen molar-refractivity contribution in [2.75, 3.05) is 16.0 Å². The van der Waals surface area contributed by atoms with E-state index in [1.807, 2.05) is 58.0 Å². The largest absolute Gasteiger partial charge is 0.348 e. The van der Waals surface area contributed by atoms with E-state index in [2.05, 4.69) is 31.0 Å². The van der Waals surface area contributed by atoms with Crippen LogP contribution in [-0.2, 0) is 12.6 Å². The number of halogens is 1. The maximum atomic E-state index is 14.9. The summed E-state index contributed by atoms with van der Waals surface area (Å²) in [7, 11) is 1.63. The van der Waals surface area contributed by atoms with Crippen molar-refractivity contribution in [3.8, 4) is 11.1 Å². The number of rotatable bonds is 6. The molecule has 11 heteroatoms. The molecular weight excluding hydrogens is 535 g/mol. The highest BCUT2D eigenvalue weighted by Gasteiger charge is 2.18. The van der Waals surface area contributed by atoms with Gasteiger partial charge in [0, 0.05) is 30.4 Å². The van der Waals surface area contributed by atoms with E-state index in [1.54, 1.807) is 37.1 Å². The van der Waals surface area contributed by atoms with Gasteiger partial charge in [0.05, 0.1) is 29.2 Å². The number of benzene rings is 2. The quantitative estimate of drug-likeness (QED) is 0.224. The van der Waals surface area contributed by atoms with Crippen molar-refractivity contribution in [3.05, 3.63) is 94.4 Å². The van der Waals surface area contributed by atoms with Crippen LogP contribution < -0.4 is 21.5 Å². The third kappa shape index (κ3) is 5.85. The fraction of sp³-hybridized carbons (Fsp3) is 0.258. The Hall–Kier alpha value is -5.06. The molecule has 0 aliphatic carbocycles. The van der Waals surface area contributed by atoms with Gasteiger partial charge in [-0.3, -0.25) is 14.0 Å². The van der Waals surface area contributed by atoms with E-state index in [-0.39, 0.29) is 22.8 Å². The first-order chi connectivity index (χ1) is 19.9. The van der Waals surface area contributed by atoms with Crippen molar-refractivity contribution in [3.63, 3.8) is 0 Å². The number of hydrogen-bond acceptors (Lipinski definition) is 6. The van der Waals surface area contributed by atoms with Gasteiger partial charge in [-0.05, 0) is 69.5 Å². The van der Waals surface area contributed by atoms with E-state index in [0.717, 1.165) is 5.56 Å². The lowest BCUT2D eigenvalue weighted by Gasteiger charge is -2.18. The maximum absolute atomic E-state index is 14.9. The van der Waals surface area contributed by atoms with Crippen molar-refractivity contribution >= 4 is 34.4 Å². The number of carbonyl (C=O) groups is 1. The molecule has 2 aromatic carbocycles. The van der Waals surface area contributed by atoms with Gasteiger partial charge in [-0.2, -0.15) is 10.1 Å². The zero-order valence-electron chi connectivity index (χ0n) is 24.4. The minimum Gasteiger partial charge on any atom is -0.348 e. The molecule has 3 aromatic heterocycles. The molecule has 0 saturated heterocycles. The molecule has 0 fully saturated rings. The number of pyridine rings is 1. The second kappa shape index (κ2) is 11.1. The van der Waals surface area contributed by atoms with Crippen LogP contribution in [0.1, 0.15) is 44.9 Å². The number of urea groups is 1. The second-order valence-electron chi connectivity index (χ2n) is 11.2. The lowest BCUT2D eigenvalue weighted by molar-refractivity contribution is 0.262. The number of amides is 2. The Balaban J connectivity index is 1.42. The van der Waals surface area contributed by atoms with Gasteiger partial charge in [-0.15, -0.1) is 0 Å². The fourth-order valence-corrected chi connectivity index (χ4v) is 4.63. The van der Waals surface area contributed by atoms with Crippen molar-refractivity contribution in [2.45, 2.75) is 46.2 Å². The van der Waals surface area contributed by atoms with Gasteiger partial charge in [0.2, 0.25) is 5.95 Å². The van der Waals surface area contributed by atoms with Gasteiger partial charge in [-0.25, -0.2) is 14.2 Å². The summed E-state index contributed by atoms with van der Waals surface area (Å²) < 4.78 is 18.1. The highest BCUT2D eigenvalue weighted by atomic mass is 19.1. The minimum atomic E-state index is -0.637. The molecule has 2 amide bonds. The highest BCUT2D eigenvalue weighted by Crippen LogP contribution is 2.29. The van der Waals surface area contributed by atoms with Gasteiger partial charge in [0.15, 0.2) is 0 Å². The molecular formula is C31H33FN8O2. The van der Waals surface area contributed by atoms with E-state index in [1.165, 1.54) is 22.9 Å². The monoisotopic (exact) mass is 568 g/mol. The van der Waals surface area contributed by atoms with Gasteiger partial charge in [-0.1, -0.05) is 30.3 Å². The number of anilines is 3. The third-order valence-corrected chi connectivity index (χ3v) is 6.97. The van der Waals surface area contributed by atoms with Crippen molar-refractivity contribution in [2.24, 2.45) is 7.05 Å². The minimum absolute atomic E-state index is 0.0420. The fourth-order valence-electron chi connectivity index (χ4n) is 4.63. The van der Waals surface area contributed by atoms with Crippen molar-refractivity contribution in [1.82, 2.24) is 24.3 Å². The van der Waals surface area contributed by atoms with Gasteiger partial charge < -0.3 is 16.0 Å². The van der Waals surface area contributed by atoms with Crippen LogP contribution in [0.25, 0.3) is 22.2 Å². The SMILES string of the molecule is Cc1cc(F)c(NC(=O)Nc2cnn(C(C)(C)C)c2)cc1-c1cc2cnc(NC(C)c3ccccc3)nc2n(C)c1=O. The molecule has 0 spiro atoms. The summed E-state index contributed by atoms with van der Waals surface area (Å²) in [6, 6.07) is 13.7. The van der Waals surface area contributed by atoms with E-state index in [4.69, 9.17) is 0 Å². The average Bonchev–Trinajstić information content (AvgIpc) is 3.42. The highest BCUT2D eigenvalue weighted by molar-refractivity contribution is 6.00. The van der Waals surface area contributed by atoms with Crippen LogP contribution in [-0.4, -0.2) is 30.3 Å². The summed E-state index contributed by atoms with van der Waals surface area (Å²) in [4.78, 5) is 35.3. The van der Waals surface area contributed by atoms with Crippen LogP contribution >= 0.6 is 0 Å². The van der Waals surface area contributed by atoms with Crippen LogP contribution in [0, 0.1) is 12.7 Å². The Morgan fingerprint density at radius 3 is 2.45 bits per heavy atom. The molecule has 0 aliphatic heterocycles. The predicted molar refractivity (Wildman–Crippen MR) is 163 cm³/mol. The first-order valence-corrected chi connectivity index (χ1v) is 13.5. The summed E-state index contributed by atoms with van der Waals surface area (Å²) in [6.07, 6.45) is 4.86. The average molecular weight is 569 g/mol. The first kappa shape index (κ1) is 28.5. The van der Waals surface area contributed by atoms with E-state index in [0.29, 0.717) is 39.4 Å². The molecule has 1 unspecified atom stereocenters. The Bertz CT molecular complexity index is 1840. The van der Waals surface area contributed by atoms with Crippen molar-refractivity contribution in [1.29, 1.82) is 0 Å². The molecule has 216 valence electrons. The summed E-state index contributed by atoms with van der Waals surface area (Å²) >= 11 is 0. The lowest BCUT2D eigenvalue weighted by atomic mass is 9.99. The topological polar surface area (TPSA) is 119 Å². The molecule has 42 heavy (non-hydrogen) atoms. The van der Waals surface area contributed by atoms with Gasteiger partial charge >= 0.3 is 6.03 Å². The van der Waals surface area contributed by atoms with E-state index in [9.17, 15) is 14.0 Å². The number of aryl methyl sites for hydroxylation is 2. The molecule has 0 bridgehead atoms. The summed E-state index contributed by atoms with van der Waals surface area (Å²) in [6.45, 7) is 9.67. The predicted octanol–water partition coefficient (Wildman–Crippen LogP) is 6.21. The standard InChI is InChI=1S/C31H33FN8O2/c1-18-12-25(32)26(37-30(42)36-22-16-34-40(17-22)31(3,4)5)14-23(18)24-13-21-15-33-29(38-27(21)39(6)28(24)41)35-19(2)20-10-8-7-9-11-20/h7-17,19H,1-6H3,(H,33,35,38)(H2,36,37,42). The number of nitrogens with one attached hydrogen (secondary N) is 3. The zero-order valence-corrected chi connectivity index (χ0v) is 24.4. The summed E-state index contributed by atoms with van der Waals surface area (Å²) in [5.41, 5.74) is 2.71. The van der Waals surface area contributed by atoms with Crippen LogP contribution in [0.5, 0.6) is 0 Å². The number of aromatic nitrogens is 5. The molecule has 0 aliphatic rings. The molecule has 0 radical (unpaired) electrons. The molecule has 10 nitrogen and oxygen atoms in total. The molecule has 5 rings (SSSR count). The Morgan fingerprint density at radius 2 is 1.76 bits per heavy atom. The van der Waals surface area contributed by atoms with Gasteiger partial charge in [0.25, 0.3) is 5.56 Å². The Morgan fingerprint density at radius 1 is 1.02 bits per heavy atom. The van der Waals surface area contributed by atoms with Gasteiger partial charge in [0.1, 0.15) is 11.5 Å². The zero-order chi connectivity index (χ0) is 30.2. The Kier molecular flexibility index (Phi) is 7.51. The molecule has 0 saturated carbocycles. The summed E-state index contributed by atoms with van der Waals surface area (Å²) in [5.74, 6) is -0.230. The maximum Gasteiger partial charge on any atom is 0.323 e. The number of fused-ring (bicyclic) bond motifs is 1. The van der Waals surface area contributed by atoms with Crippen LogP contribution in [0.4, 0.5) is 26.5 Å². The van der Waals surface area contributed by atoms with E-state index < -0.39 is 11.8 Å². The number of hydrogen-bond donors (Lipinski definition) is 3. The molecule has 1 atom stereocenters.